The van der Waals surface area contributed by atoms with Crippen LogP contribution in [0, 0.1) is 12.3 Å². The molecule has 0 aromatic carbocycles. The third-order valence-corrected chi connectivity index (χ3v) is 1.97. The van der Waals surface area contributed by atoms with E-state index in [0.717, 1.165) is 26.2 Å². The summed E-state index contributed by atoms with van der Waals surface area (Å²) in [7, 11) is 0. The topological polar surface area (TPSA) is 30.5 Å². The van der Waals surface area contributed by atoms with E-state index >= 15 is 0 Å². The van der Waals surface area contributed by atoms with Gasteiger partial charge in [-0.2, -0.15) is 0 Å². The number of rotatable bonds is 5. The summed E-state index contributed by atoms with van der Waals surface area (Å²) in [6.45, 7) is 5.02. The summed E-state index contributed by atoms with van der Waals surface area (Å²) in [5, 5.41) is 3.11. The van der Waals surface area contributed by atoms with Crippen LogP contribution in [0.2, 0.25) is 0 Å². The lowest BCUT2D eigenvalue weighted by Crippen LogP contribution is -2.30. The van der Waals surface area contributed by atoms with Crippen LogP contribution in [0.3, 0.4) is 0 Å². The first-order valence-corrected chi connectivity index (χ1v) is 4.70. The first kappa shape index (κ1) is 10.5. The lowest BCUT2D eigenvalue weighted by Gasteiger charge is -2.17. The van der Waals surface area contributed by atoms with E-state index < -0.39 is 0 Å². The van der Waals surface area contributed by atoms with E-state index in [2.05, 4.69) is 11.2 Å². The maximum atomic E-state index is 5.70. The van der Waals surface area contributed by atoms with E-state index in [1.165, 1.54) is 0 Å². The highest BCUT2D eigenvalue weighted by atomic mass is 16.5. The Balaban J connectivity index is 2.03. The van der Waals surface area contributed by atoms with E-state index in [-0.39, 0.29) is 12.2 Å². The molecule has 0 aromatic heterocycles. The van der Waals surface area contributed by atoms with Gasteiger partial charge in [0.25, 0.3) is 0 Å². The summed E-state index contributed by atoms with van der Waals surface area (Å²) >= 11 is 0. The average Bonchev–Trinajstić information content (AvgIpc) is 2.57. The van der Waals surface area contributed by atoms with Crippen molar-refractivity contribution in [3.05, 3.63) is 0 Å². The molecule has 0 aliphatic carbocycles. The standard InChI is InChI=1S/C10H17NO2/c1-3-5-11-7-9(2)13-10-4-6-12-8-10/h1,9-11H,4-8H2,2H3. The van der Waals surface area contributed by atoms with Gasteiger partial charge < -0.3 is 14.8 Å². The molecule has 3 heteroatoms. The lowest BCUT2D eigenvalue weighted by atomic mass is 10.3. The molecule has 0 bridgehead atoms. The molecule has 1 saturated heterocycles. The van der Waals surface area contributed by atoms with Crippen LogP contribution in [0.1, 0.15) is 13.3 Å². The van der Waals surface area contributed by atoms with Gasteiger partial charge in [0.1, 0.15) is 0 Å². The molecule has 1 aliphatic rings. The number of ether oxygens (including phenoxy) is 2. The van der Waals surface area contributed by atoms with Gasteiger partial charge in [0.2, 0.25) is 0 Å². The fraction of sp³-hybridized carbons (Fsp3) is 0.800. The van der Waals surface area contributed by atoms with Crippen molar-refractivity contribution in [1.29, 1.82) is 0 Å². The first-order valence-electron chi connectivity index (χ1n) is 4.70. The molecule has 0 amide bonds. The van der Waals surface area contributed by atoms with Gasteiger partial charge in [-0.15, -0.1) is 6.42 Å². The highest BCUT2D eigenvalue weighted by molar-refractivity contribution is 4.86. The highest BCUT2D eigenvalue weighted by Crippen LogP contribution is 2.09. The summed E-state index contributed by atoms with van der Waals surface area (Å²) < 4.78 is 10.9. The van der Waals surface area contributed by atoms with Crippen molar-refractivity contribution < 1.29 is 9.47 Å². The summed E-state index contributed by atoms with van der Waals surface area (Å²) in [6, 6.07) is 0. The van der Waals surface area contributed by atoms with Crippen molar-refractivity contribution in [2.45, 2.75) is 25.6 Å². The lowest BCUT2D eigenvalue weighted by molar-refractivity contribution is -0.00507. The second-order valence-electron chi connectivity index (χ2n) is 3.27. The first-order chi connectivity index (χ1) is 6.33. The molecule has 1 rings (SSSR count). The molecule has 74 valence electrons. The second kappa shape index (κ2) is 5.98. The highest BCUT2D eigenvalue weighted by Gasteiger charge is 2.18. The van der Waals surface area contributed by atoms with Gasteiger partial charge in [-0.05, 0) is 13.3 Å². The maximum Gasteiger partial charge on any atom is 0.0834 e. The van der Waals surface area contributed by atoms with E-state index in [1.54, 1.807) is 0 Å². The van der Waals surface area contributed by atoms with Crippen LogP contribution in [-0.4, -0.2) is 38.5 Å². The molecule has 0 spiro atoms. The molecule has 2 atom stereocenters. The van der Waals surface area contributed by atoms with Crippen molar-refractivity contribution >= 4 is 0 Å². The zero-order valence-corrected chi connectivity index (χ0v) is 8.08. The summed E-state index contributed by atoms with van der Waals surface area (Å²) in [5.74, 6) is 2.53. The number of hydrogen-bond acceptors (Lipinski definition) is 3. The predicted octanol–water partition coefficient (Wildman–Crippen LogP) is 0.403. The van der Waals surface area contributed by atoms with Crippen LogP contribution < -0.4 is 5.32 Å². The van der Waals surface area contributed by atoms with Gasteiger partial charge in [0, 0.05) is 13.2 Å². The number of hydrogen-bond donors (Lipinski definition) is 1. The van der Waals surface area contributed by atoms with Crippen molar-refractivity contribution in [3.63, 3.8) is 0 Å². The van der Waals surface area contributed by atoms with Gasteiger partial charge in [-0.25, -0.2) is 0 Å². The molecule has 0 aromatic rings. The van der Waals surface area contributed by atoms with Crippen LogP contribution in [0.4, 0.5) is 0 Å². The largest absolute Gasteiger partial charge is 0.379 e. The Bertz CT molecular complexity index is 170. The molecule has 3 nitrogen and oxygen atoms in total. The number of nitrogens with one attached hydrogen (secondary N) is 1. The van der Waals surface area contributed by atoms with Gasteiger partial charge in [0.15, 0.2) is 0 Å². The molecule has 0 radical (unpaired) electrons. The molecule has 1 aliphatic heterocycles. The summed E-state index contributed by atoms with van der Waals surface area (Å²) in [4.78, 5) is 0. The van der Waals surface area contributed by atoms with E-state index in [4.69, 9.17) is 15.9 Å². The summed E-state index contributed by atoms with van der Waals surface area (Å²) in [6.07, 6.45) is 6.61. The third-order valence-electron chi connectivity index (χ3n) is 1.97. The smallest absolute Gasteiger partial charge is 0.0834 e. The molecule has 0 saturated carbocycles. The van der Waals surface area contributed by atoms with E-state index in [1.807, 2.05) is 6.92 Å². The van der Waals surface area contributed by atoms with Crippen molar-refractivity contribution in [1.82, 2.24) is 5.32 Å². The van der Waals surface area contributed by atoms with Crippen molar-refractivity contribution in [3.8, 4) is 12.3 Å². The Morgan fingerprint density at radius 1 is 1.77 bits per heavy atom. The average molecular weight is 183 g/mol. The van der Waals surface area contributed by atoms with Crippen molar-refractivity contribution in [2.75, 3.05) is 26.3 Å². The Morgan fingerprint density at radius 2 is 2.62 bits per heavy atom. The minimum Gasteiger partial charge on any atom is -0.379 e. The van der Waals surface area contributed by atoms with Gasteiger partial charge in [-0.3, -0.25) is 0 Å². The molecule has 13 heavy (non-hydrogen) atoms. The predicted molar refractivity (Wildman–Crippen MR) is 51.5 cm³/mol. The minimum absolute atomic E-state index is 0.208. The fourth-order valence-electron chi connectivity index (χ4n) is 1.34. The molecule has 2 unspecified atom stereocenters. The Hall–Kier alpha value is -0.560. The van der Waals surface area contributed by atoms with Crippen LogP contribution in [0.15, 0.2) is 0 Å². The van der Waals surface area contributed by atoms with Crippen LogP contribution in [0.5, 0.6) is 0 Å². The Labute approximate surface area is 79.8 Å². The van der Waals surface area contributed by atoms with E-state index in [0.29, 0.717) is 6.54 Å². The Morgan fingerprint density at radius 3 is 3.23 bits per heavy atom. The SMILES string of the molecule is C#CCNCC(C)OC1CCOC1. The van der Waals surface area contributed by atoms with Gasteiger partial charge >= 0.3 is 0 Å². The molecule has 1 heterocycles. The molecule has 1 fully saturated rings. The quantitative estimate of drug-likeness (QED) is 0.494. The summed E-state index contributed by atoms with van der Waals surface area (Å²) in [5.41, 5.74) is 0. The van der Waals surface area contributed by atoms with Crippen LogP contribution in [-0.2, 0) is 9.47 Å². The minimum atomic E-state index is 0.208. The maximum absolute atomic E-state index is 5.70. The molecular weight excluding hydrogens is 166 g/mol. The zero-order chi connectivity index (χ0) is 9.52. The van der Waals surface area contributed by atoms with Gasteiger partial charge in [0.05, 0.1) is 25.4 Å². The molecular formula is C10H17NO2. The second-order valence-corrected chi connectivity index (χ2v) is 3.27. The normalized spacial score (nSPS) is 24.2. The van der Waals surface area contributed by atoms with Crippen molar-refractivity contribution in [2.24, 2.45) is 0 Å². The van der Waals surface area contributed by atoms with Gasteiger partial charge in [-0.1, -0.05) is 5.92 Å². The van der Waals surface area contributed by atoms with E-state index in [9.17, 15) is 0 Å². The third kappa shape index (κ3) is 4.28. The monoisotopic (exact) mass is 183 g/mol. The number of terminal acetylenes is 1. The Kier molecular flexibility index (Phi) is 4.84. The van der Waals surface area contributed by atoms with Crippen LogP contribution in [0.25, 0.3) is 0 Å². The van der Waals surface area contributed by atoms with Crippen LogP contribution >= 0.6 is 0 Å². The fourth-order valence-corrected chi connectivity index (χ4v) is 1.34. The molecule has 1 N–H and O–H groups in total. The zero-order valence-electron chi connectivity index (χ0n) is 8.08.